The lowest BCUT2D eigenvalue weighted by atomic mass is 9.87. The van der Waals surface area contributed by atoms with Gasteiger partial charge in [-0.25, -0.2) is 0 Å². The van der Waals surface area contributed by atoms with Crippen LogP contribution in [0.15, 0.2) is 42.7 Å². The predicted molar refractivity (Wildman–Crippen MR) is 101 cm³/mol. The summed E-state index contributed by atoms with van der Waals surface area (Å²) in [4.78, 5) is 0. The minimum atomic E-state index is 0.0593. The maximum Gasteiger partial charge on any atom is 0.171 e. The second kappa shape index (κ2) is 7.59. The molecule has 2 aromatic rings. The van der Waals surface area contributed by atoms with Gasteiger partial charge in [0.15, 0.2) is 5.11 Å². The van der Waals surface area contributed by atoms with Crippen molar-refractivity contribution in [3.63, 3.8) is 0 Å². The average Bonchev–Trinajstić information content (AvgIpc) is 2.99. The van der Waals surface area contributed by atoms with Crippen molar-refractivity contribution in [2.45, 2.75) is 46.7 Å². The molecule has 0 amide bonds. The number of hydrogen-bond donors (Lipinski definition) is 2. The van der Waals surface area contributed by atoms with Crippen molar-refractivity contribution >= 4 is 23.0 Å². The second-order valence-electron chi connectivity index (χ2n) is 6.80. The Kier molecular flexibility index (Phi) is 5.77. The van der Waals surface area contributed by atoms with E-state index in [1.165, 1.54) is 5.56 Å². The van der Waals surface area contributed by atoms with E-state index in [0.29, 0.717) is 5.11 Å². The summed E-state index contributed by atoms with van der Waals surface area (Å²) in [5.74, 6) is 0. The fourth-order valence-electron chi connectivity index (χ4n) is 2.28. The van der Waals surface area contributed by atoms with Crippen LogP contribution in [0.2, 0.25) is 0 Å². The van der Waals surface area contributed by atoms with E-state index in [1.807, 2.05) is 16.9 Å². The van der Waals surface area contributed by atoms with Crippen LogP contribution in [0.5, 0.6) is 0 Å². The lowest BCUT2D eigenvalue weighted by Gasteiger charge is -2.32. The van der Waals surface area contributed by atoms with E-state index in [9.17, 15) is 0 Å². The number of aromatic nitrogens is 2. The summed E-state index contributed by atoms with van der Waals surface area (Å²) in [5, 5.41) is 11.6. The Morgan fingerprint density at radius 1 is 1.26 bits per heavy atom. The molecule has 1 unspecified atom stereocenters. The van der Waals surface area contributed by atoms with E-state index in [2.05, 4.69) is 67.7 Å². The van der Waals surface area contributed by atoms with Crippen LogP contribution in [0, 0.1) is 5.41 Å². The highest BCUT2D eigenvalue weighted by molar-refractivity contribution is 7.80. The Balaban J connectivity index is 1.99. The highest BCUT2D eigenvalue weighted by Gasteiger charge is 2.25. The number of aryl methyl sites for hydroxylation is 1. The van der Waals surface area contributed by atoms with Crippen LogP contribution < -0.4 is 10.6 Å². The van der Waals surface area contributed by atoms with Crippen LogP contribution in [0.3, 0.4) is 0 Å². The molecule has 0 fully saturated rings. The molecule has 1 aromatic carbocycles. The average molecular weight is 331 g/mol. The molecule has 0 saturated heterocycles. The molecule has 124 valence electrons. The highest BCUT2D eigenvalue weighted by Crippen LogP contribution is 2.21. The monoisotopic (exact) mass is 330 g/mol. The summed E-state index contributed by atoms with van der Waals surface area (Å²) in [6.07, 6.45) is 4.81. The van der Waals surface area contributed by atoms with Gasteiger partial charge in [-0.05, 0) is 47.8 Å². The smallest absolute Gasteiger partial charge is 0.171 e. The third-order valence-corrected chi connectivity index (χ3v) is 4.12. The molecular formula is C18H26N4S. The molecule has 1 aromatic heterocycles. The van der Waals surface area contributed by atoms with Crippen molar-refractivity contribution in [2.24, 2.45) is 5.41 Å². The van der Waals surface area contributed by atoms with E-state index in [1.54, 1.807) is 6.20 Å². The third-order valence-electron chi connectivity index (χ3n) is 3.90. The first kappa shape index (κ1) is 17.5. The number of nitrogens with zero attached hydrogens (tertiary/aromatic N) is 2. The number of benzene rings is 1. The molecule has 0 saturated carbocycles. The normalized spacial score (nSPS) is 12.7. The van der Waals surface area contributed by atoms with E-state index >= 15 is 0 Å². The van der Waals surface area contributed by atoms with E-state index in [0.717, 1.165) is 18.7 Å². The number of thiocarbonyl (C=S) groups is 1. The summed E-state index contributed by atoms with van der Waals surface area (Å²) in [6, 6.07) is 10.5. The van der Waals surface area contributed by atoms with Crippen molar-refractivity contribution < 1.29 is 0 Å². The predicted octanol–water partition coefficient (Wildman–Crippen LogP) is 3.85. The van der Waals surface area contributed by atoms with Crippen LogP contribution >= 0.6 is 12.2 Å². The third kappa shape index (κ3) is 5.36. The second-order valence-corrected chi connectivity index (χ2v) is 7.20. The maximum absolute atomic E-state index is 5.49. The summed E-state index contributed by atoms with van der Waals surface area (Å²) >= 11 is 5.49. The Hall–Kier alpha value is -1.88. The van der Waals surface area contributed by atoms with Gasteiger partial charge in [0.25, 0.3) is 0 Å². The molecule has 1 atom stereocenters. The Morgan fingerprint density at radius 3 is 2.48 bits per heavy atom. The van der Waals surface area contributed by atoms with Crippen molar-refractivity contribution in [3.05, 3.63) is 48.3 Å². The Labute approximate surface area is 144 Å². The molecule has 2 rings (SSSR count). The number of hydrogen-bond acceptors (Lipinski definition) is 2. The quantitative estimate of drug-likeness (QED) is 0.817. The molecule has 1 heterocycles. The molecular weight excluding hydrogens is 304 g/mol. The first-order valence-corrected chi connectivity index (χ1v) is 8.43. The zero-order valence-corrected chi connectivity index (χ0v) is 15.2. The summed E-state index contributed by atoms with van der Waals surface area (Å²) in [7, 11) is 0. The SMILES string of the molecule is CCc1ccc(NC(=S)NC(Cn2cccn2)C(C)(C)C)cc1. The molecule has 0 aliphatic heterocycles. The molecule has 4 nitrogen and oxygen atoms in total. The van der Waals surface area contributed by atoms with Gasteiger partial charge in [0, 0.05) is 18.1 Å². The van der Waals surface area contributed by atoms with E-state index in [4.69, 9.17) is 12.2 Å². The molecule has 0 radical (unpaired) electrons. The van der Waals surface area contributed by atoms with Crippen molar-refractivity contribution in [1.29, 1.82) is 0 Å². The zero-order valence-electron chi connectivity index (χ0n) is 14.3. The van der Waals surface area contributed by atoms with Gasteiger partial charge in [-0.1, -0.05) is 39.8 Å². The van der Waals surface area contributed by atoms with Gasteiger partial charge in [0.2, 0.25) is 0 Å². The topological polar surface area (TPSA) is 41.9 Å². The first-order valence-electron chi connectivity index (χ1n) is 8.02. The van der Waals surface area contributed by atoms with E-state index < -0.39 is 0 Å². The van der Waals surface area contributed by atoms with Crippen molar-refractivity contribution in [2.75, 3.05) is 5.32 Å². The minimum Gasteiger partial charge on any atom is -0.357 e. The fourth-order valence-corrected chi connectivity index (χ4v) is 2.54. The minimum absolute atomic E-state index is 0.0593. The summed E-state index contributed by atoms with van der Waals surface area (Å²) in [5.41, 5.74) is 2.39. The number of rotatable bonds is 5. The Morgan fingerprint density at radius 2 is 1.96 bits per heavy atom. The van der Waals surface area contributed by atoms with Gasteiger partial charge in [-0.3, -0.25) is 4.68 Å². The summed E-state index contributed by atoms with van der Waals surface area (Å²) in [6.45, 7) is 9.53. The van der Waals surface area contributed by atoms with E-state index in [-0.39, 0.29) is 11.5 Å². The molecule has 2 N–H and O–H groups in total. The van der Waals surface area contributed by atoms with Gasteiger partial charge >= 0.3 is 0 Å². The molecule has 0 aliphatic carbocycles. The number of nitrogens with one attached hydrogen (secondary N) is 2. The van der Waals surface area contributed by atoms with Crippen molar-refractivity contribution in [3.8, 4) is 0 Å². The molecule has 5 heteroatoms. The van der Waals surface area contributed by atoms with Crippen LogP contribution in [0.1, 0.15) is 33.3 Å². The van der Waals surface area contributed by atoms with Crippen LogP contribution in [0.4, 0.5) is 5.69 Å². The van der Waals surface area contributed by atoms with Crippen LogP contribution in [-0.4, -0.2) is 20.9 Å². The van der Waals surface area contributed by atoms with Gasteiger partial charge in [0.05, 0.1) is 12.6 Å². The Bertz CT molecular complexity index is 611. The summed E-state index contributed by atoms with van der Waals surface area (Å²) < 4.78 is 1.93. The molecule has 0 bridgehead atoms. The van der Waals surface area contributed by atoms with Crippen LogP contribution in [-0.2, 0) is 13.0 Å². The number of anilines is 1. The molecule has 0 aliphatic rings. The highest BCUT2D eigenvalue weighted by atomic mass is 32.1. The van der Waals surface area contributed by atoms with Crippen molar-refractivity contribution in [1.82, 2.24) is 15.1 Å². The van der Waals surface area contributed by atoms with Gasteiger partial charge in [-0.15, -0.1) is 0 Å². The van der Waals surface area contributed by atoms with Gasteiger partial charge in [0.1, 0.15) is 0 Å². The standard InChI is InChI=1S/C18H26N4S/c1-5-14-7-9-15(10-8-14)20-17(23)21-16(18(2,3)4)13-22-12-6-11-19-22/h6-12,16H,5,13H2,1-4H3,(H2,20,21,23). The fraction of sp³-hybridized carbons (Fsp3) is 0.444. The lowest BCUT2D eigenvalue weighted by Crippen LogP contribution is -2.48. The zero-order chi connectivity index (χ0) is 16.9. The lowest BCUT2D eigenvalue weighted by molar-refractivity contribution is 0.262. The molecule has 0 spiro atoms. The first-order chi connectivity index (χ1) is 10.9. The van der Waals surface area contributed by atoms with Gasteiger partial charge in [-0.2, -0.15) is 5.10 Å². The van der Waals surface area contributed by atoms with Crippen LogP contribution in [0.25, 0.3) is 0 Å². The van der Waals surface area contributed by atoms with Gasteiger partial charge < -0.3 is 10.6 Å². The largest absolute Gasteiger partial charge is 0.357 e. The molecule has 23 heavy (non-hydrogen) atoms. The maximum atomic E-state index is 5.49.